The monoisotopic (exact) mass is 124 g/mol. The van der Waals surface area contributed by atoms with Gasteiger partial charge >= 0.3 is 0 Å². The highest BCUT2D eigenvalue weighted by Crippen LogP contribution is 2.38. The van der Waals surface area contributed by atoms with Crippen LogP contribution in [0, 0.1) is 11.8 Å². The molecule has 2 nitrogen and oxygen atoms in total. The number of nitrogens with zero attached hydrogens (tertiary/aromatic N) is 1. The van der Waals surface area contributed by atoms with Crippen LogP contribution in [0.5, 0.6) is 0 Å². The van der Waals surface area contributed by atoms with E-state index in [1.54, 1.807) is 0 Å². The van der Waals surface area contributed by atoms with Gasteiger partial charge in [0.05, 0.1) is 6.04 Å². The lowest BCUT2D eigenvalue weighted by Crippen LogP contribution is -2.38. The summed E-state index contributed by atoms with van der Waals surface area (Å²) in [6, 6.07) is 0.588. The van der Waals surface area contributed by atoms with Crippen LogP contribution >= 0.6 is 0 Å². The van der Waals surface area contributed by atoms with Gasteiger partial charge in [-0.3, -0.25) is 4.99 Å². The van der Waals surface area contributed by atoms with Crippen LogP contribution in [0.1, 0.15) is 6.42 Å². The Morgan fingerprint density at radius 3 is 3.00 bits per heavy atom. The van der Waals surface area contributed by atoms with Crippen molar-refractivity contribution in [2.75, 3.05) is 13.1 Å². The molecule has 50 valence electrons. The highest BCUT2D eigenvalue weighted by molar-refractivity contribution is 5.25. The van der Waals surface area contributed by atoms with Crippen molar-refractivity contribution in [2.45, 2.75) is 12.5 Å². The molecule has 0 amide bonds. The van der Waals surface area contributed by atoms with E-state index in [1.165, 1.54) is 19.5 Å². The van der Waals surface area contributed by atoms with Gasteiger partial charge in [-0.2, -0.15) is 0 Å². The van der Waals surface area contributed by atoms with Crippen molar-refractivity contribution in [1.82, 2.24) is 5.32 Å². The van der Waals surface area contributed by atoms with Crippen LogP contribution in [0.4, 0.5) is 0 Å². The SMILES string of the molecule is C=NC1CC2CNCC21. The summed E-state index contributed by atoms with van der Waals surface area (Å²) in [6.45, 7) is 5.96. The fourth-order valence-electron chi connectivity index (χ4n) is 1.96. The maximum atomic E-state index is 4.05. The second-order valence-electron chi connectivity index (χ2n) is 3.07. The van der Waals surface area contributed by atoms with Crippen molar-refractivity contribution in [2.24, 2.45) is 16.8 Å². The lowest BCUT2D eigenvalue weighted by molar-refractivity contribution is 0.197. The van der Waals surface area contributed by atoms with Crippen LogP contribution in [-0.2, 0) is 0 Å². The topological polar surface area (TPSA) is 24.4 Å². The zero-order chi connectivity index (χ0) is 6.27. The molecule has 1 heterocycles. The fourth-order valence-corrected chi connectivity index (χ4v) is 1.96. The normalized spacial score (nSPS) is 47.8. The van der Waals surface area contributed by atoms with Crippen molar-refractivity contribution >= 4 is 6.72 Å². The predicted molar refractivity (Wildman–Crippen MR) is 37.8 cm³/mol. The molecular formula is C7H12N2. The lowest BCUT2D eigenvalue weighted by Gasteiger charge is -2.36. The molecule has 0 bridgehead atoms. The Morgan fingerprint density at radius 2 is 2.33 bits per heavy atom. The zero-order valence-corrected chi connectivity index (χ0v) is 5.51. The number of fused-ring (bicyclic) bond motifs is 1. The van der Waals surface area contributed by atoms with Crippen molar-refractivity contribution in [1.29, 1.82) is 0 Å². The molecule has 0 aromatic carbocycles. The summed E-state index contributed by atoms with van der Waals surface area (Å²) in [5, 5.41) is 3.36. The van der Waals surface area contributed by atoms with E-state index in [1.807, 2.05) is 0 Å². The zero-order valence-electron chi connectivity index (χ0n) is 5.51. The second-order valence-corrected chi connectivity index (χ2v) is 3.07. The van der Waals surface area contributed by atoms with Gasteiger partial charge < -0.3 is 5.32 Å². The van der Waals surface area contributed by atoms with Gasteiger partial charge in [-0.25, -0.2) is 0 Å². The van der Waals surface area contributed by atoms with Crippen molar-refractivity contribution in [3.8, 4) is 0 Å². The average molecular weight is 124 g/mol. The molecule has 0 aromatic rings. The summed E-state index contributed by atoms with van der Waals surface area (Å²) in [7, 11) is 0. The molecular weight excluding hydrogens is 112 g/mol. The van der Waals surface area contributed by atoms with Crippen molar-refractivity contribution in [3.05, 3.63) is 0 Å². The minimum absolute atomic E-state index is 0.588. The Bertz CT molecular complexity index is 133. The number of nitrogens with one attached hydrogen (secondary N) is 1. The first-order valence-electron chi connectivity index (χ1n) is 3.58. The Morgan fingerprint density at radius 1 is 1.44 bits per heavy atom. The van der Waals surface area contributed by atoms with Gasteiger partial charge in [0.2, 0.25) is 0 Å². The number of rotatable bonds is 1. The van der Waals surface area contributed by atoms with E-state index >= 15 is 0 Å². The molecule has 2 aliphatic rings. The highest BCUT2D eigenvalue weighted by atomic mass is 15.0. The maximum absolute atomic E-state index is 4.05. The molecule has 3 atom stereocenters. The van der Waals surface area contributed by atoms with Crippen LogP contribution in [-0.4, -0.2) is 25.8 Å². The van der Waals surface area contributed by atoms with Crippen LogP contribution in [0.15, 0.2) is 4.99 Å². The van der Waals surface area contributed by atoms with Crippen LogP contribution < -0.4 is 5.32 Å². The lowest BCUT2D eigenvalue weighted by atomic mass is 9.72. The predicted octanol–water partition coefficient (Wildman–Crippen LogP) is 0.295. The van der Waals surface area contributed by atoms with E-state index in [9.17, 15) is 0 Å². The molecule has 1 saturated carbocycles. The minimum Gasteiger partial charge on any atom is -0.316 e. The third kappa shape index (κ3) is 0.628. The van der Waals surface area contributed by atoms with E-state index in [0.29, 0.717) is 6.04 Å². The Hall–Kier alpha value is -0.370. The van der Waals surface area contributed by atoms with Gasteiger partial charge in [0, 0.05) is 6.54 Å². The molecule has 1 aliphatic carbocycles. The Labute approximate surface area is 55.4 Å². The van der Waals surface area contributed by atoms with Gasteiger partial charge in [-0.15, -0.1) is 0 Å². The molecule has 0 radical (unpaired) electrons. The van der Waals surface area contributed by atoms with Crippen molar-refractivity contribution < 1.29 is 0 Å². The minimum atomic E-state index is 0.588. The first kappa shape index (κ1) is 5.42. The molecule has 0 aromatic heterocycles. The molecule has 2 fully saturated rings. The Kier molecular flexibility index (Phi) is 1.09. The van der Waals surface area contributed by atoms with E-state index in [4.69, 9.17) is 0 Å². The van der Waals surface area contributed by atoms with Crippen LogP contribution in [0.2, 0.25) is 0 Å². The van der Waals surface area contributed by atoms with E-state index < -0.39 is 0 Å². The van der Waals surface area contributed by atoms with Crippen molar-refractivity contribution in [3.63, 3.8) is 0 Å². The number of hydrogen-bond acceptors (Lipinski definition) is 2. The molecule has 3 unspecified atom stereocenters. The summed E-state index contributed by atoms with van der Waals surface area (Å²) >= 11 is 0. The fraction of sp³-hybridized carbons (Fsp3) is 0.857. The first-order valence-corrected chi connectivity index (χ1v) is 3.58. The third-order valence-electron chi connectivity index (χ3n) is 2.67. The maximum Gasteiger partial charge on any atom is 0.0539 e. The quantitative estimate of drug-likeness (QED) is 0.499. The summed E-state index contributed by atoms with van der Waals surface area (Å²) in [5.41, 5.74) is 0. The number of aliphatic imine (C=N–C) groups is 1. The summed E-state index contributed by atoms with van der Waals surface area (Å²) in [5.74, 6) is 1.77. The summed E-state index contributed by atoms with van der Waals surface area (Å²) < 4.78 is 0. The van der Waals surface area contributed by atoms with Crippen LogP contribution in [0.25, 0.3) is 0 Å². The Balaban J connectivity index is 2.00. The molecule has 1 aliphatic heterocycles. The smallest absolute Gasteiger partial charge is 0.0539 e. The molecule has 1 N–H and O–H groups in total. The molecule has 2 rings (SSSR count). The second kappa shape index (κ2) is 1.81. The highest BCUT2D eigenvalue weighted by Gasteiger charge is 2.43. The first-order chi connectivity index (χ1) is 4.42. The summed E-state index contributed by atoms with van der Waals surface area (Å²) in [4.78, 5) is 4.05. The number of hydrogen-bond donors (Lipinski definition) is 1. The molecule has 2 heteroatoms. The van der Waals surface area contributed by atoms with Gasteiger partial charge in [0.1, 0.15) is 0 Å². The standard InChI is InChI=1S/C7H12N2/c1-8-7-2-5-3-9-4-6(5)7/h5-7,9H,1-4H2. The van der Waals surface area contributed by atoms with Gasteiger partial charge in [0.15, 0.2) is 0 Å². The van der Waals surface area contributed by atoms with Crippen LogP contribution in [0.3, 0.4) is 0 Å². The average Bonchev–Trinajstić information content (AvgIpc) is 2.14. The molecule has 9 heavy (non-hydrogen) atoms. The third-order valence-corrected chi connectivity index (χ3v) is 2.67. The molecule has 1 saturated heterocycles. The summed E-state index contributed by atoms with van der Waals surface area (Å²) in [6.07, 6.45) is 1.28. The van der Waals surface area contributed by atoms with Gasteiger partial charge in [0.25, 0.3) is 0 Å². The van der Waals surface area contributed by atoms with Gasteiger partial charge in [-0.05, 0) is 31.5 Å². The van der Waals surface area contributed by atoms with Gasteiger partial charge in [-0.1, -0.05) is 0 Å². The largest absolute Gasteiger partial charge is 0.316 e. The van der Waals surface area contributed by atoms with E-state index in [-0.39, 0.29) is 0 Å². The van der Waals surface area contributed by atoms with E-state index in [0.717, 1.165) is 11.8 Å². The molecule has 0 spiro atoms. The van der Waals surface area contributed by atoms with E-state index in [2.05, 4.69) is 17.0 Å².